The first-order valence-electron chi connectivity index (χ1n) is 7.04. The highest BCUT2D eigenvalue weighted by atomic mass is 35.5. The summed E-state index contributed by atoms with van der Waals surface area (Å²) in [5.41, 5.74) is 0.860. The molecule has 0 saturated carbocycles. The number of anilines is 2. The number of amides is 2. The Hall–Kier alpha value is -2.34. The quantitative estimate of drug-likeness (QED) is 0.652. The maximum absolute atomic E-state index is 11.9. The molecular weight excluding hydrogens is 318 g/mol. The first kappa shape index (κ1) is 17.0. The lowest BCUT2D eigenvalue weighted by atomic mass is 9.93. The van der Waals surface area contributed by atoms with Crippen molar-refractivity contribution in [2.75, 3.05) is 16.5 Å². The van der Waals surface area contributed by atoms with Crippen LogP contribution in [0.1, 0.15) is 36.9 Å². The number of hydrogen-bond acceptors (Lipinski definition) is 4. The van der Waals surface area contributed by atoms with Crippen LogP contribution in [0.15, 0.2) is 34.9 Å². The molecule has 2 amide bonds. The summed E-state index contributed by atoms with van der Waals surface area (Å²) in [6, 6.07) is 7.70. The molecule has 0 saturated heterocycles. The van der Waals surface area contributed by atoms with Gasteiger partial charge in [0.2, 0.25) is 0 Å². The molecule has 0 aliphatic carbocycles. The minimum absolute atomic E-state index is 0.0739. The van der Waals surface area contributed by atoms with E-state index in [1.165, 1.54) is 0 Å². The van der Waals surface area contributed by atoms with Crippen LogP contribution < -0.4 is 10.6 Å². The maximum atomic E-state index is 11.9. The fourth-order valence-corrected chi connectivity index (χ4v) is 1.94. The summed E-state index contributed by atoms with van der Waals surface area (Å²) < 4.78 is 5.19. The minimum Gasteiger partial charge on any atom is -0.359 e. The standard InChI is InChI=1S/C16H18ClN3O3/c1-16(2,3)13-8-14(20-23-13)19-15(22)18-11-6-4-10(5-7-11)12(21)9-17/h4-8H,9H2,1-3H3,(H2,18,19,20,22). The minimum atomic E-state index is -0.449. The summed E-state index contributed by atoms with van der Waals surface area (Å²) in [7, 11) is 0. The van der Waals surface area contributed by atoms with Gasteiger partial charge in [-0.05, 0) is 24.3 Å². The Morgan fingerprint density at radius 2 is 1.83 bits per heavy atom. The van der Waals surface area contributed by atoms with Gasteiger partial charge in [0.1, 0.15) is 5.76 Å². The van der Waals surface area contributed by atoms with Crippen molar-refractivity contribution in [3.05, 3.63) is 41.7 Å². The lowest BCUT2D eigenvalue weighted by Gasteiger charge is -2.12. The second-order valence-corrected chi connectivity index (χ2v) is 6.31. The molecule has 1 aromatic heterocycles. The molecule has 2 rings (SSSR count). The Labute approximate surface area is 139 Å². The number of alkyl halides is 1. The molecule has 0 aliphatic heterocycles. The number of benzene rings is 1. The van der Waals surface area contributed by atoms with Crippen LogP contribution >= 0.6 is 11.6 Å². The Morgan fingerprint density at radius 1 is 1.17 bits per heavy atom. The summed E-state index contributed by atoms with van der Waals surface area (Å²) in [5.74, 6) is 0.772. The smallest absolute Gasteiger partial charge is 0.324 e. The Kier molecular flexibility index (Phi) is 5.05. The second-order valence-electron chi connectivity index (χ2n) is 6.04. The molecule has 1 aromatic carbocycles. The molecular formula is C16H18ClN3O3. The number of hydrogen-bond donors (Lipinski definition) is 2. The zero-order valence-electron chi connectivity index (χ0n) is 13.1. The van der Waals surface area contributed by atoms with Gasteiger partial charge in [-0.25, -0.2) is 4.79 Å². The highest BCUT2D eigenvalue weighted by Gasteiger charge is 2.20. The van der Waals surface area contributed by atoms with Gasteiger partial charge in [-0.1, -0.05) is 25.9 Å². The number of carbonyl (C=O) groups is 2. The van der Waals surface area contributed by atoms with Gasteiger partial charge in [0, 0.05) is 22.7 Å². The summed E-state index contributed by atoms with van der Waals surface area (Å²) in [4.78, 5) is 23.3. The van der Waals surface area contributed by atoms with Gasteiger partial charge >= 0.3 is 6.03 Å². The van der Waals surface area contributed by atoms with Crippen molar-refractivity contribution in [3.63, 3.8) is 0 Å². The van der Waals surface area contributed by atoms with Gasteiger partial charge in [-0.2, -0.15) is 0 Å². The Bertz CT molecular complexity index is 702. The highest BCUT2D eigenvalue weighted by molar-refractivity contribution is 6.30. The van der Waals surface area contributed by atoms with Crippen LogP contribution in [0.3, 0.4) is 0 Å². The van der Waals surface area contributed by atoms with Gasteiger partial charge in [0.15, 0.2) is 11.6 Å². The predicted octanol–water partition coefficient (Wildman–Crippen LogP) is 4.04. The average molecular weight is 336 g/mol. The molecule has 122 valence electrons. The van der Waals surface area contributed by atoms with Crippen molar-refractivity contribution in [2.24, 2.45) is 0 Å². The SMILES string of the molecule is CC(C)(C)c1cc(NC(=O)Nc2ccc(C(=O)CCl)cc2)no1. The number of halogens is 1. The molecule has 0 bridgehead atoms. The molecule has 0 atom stereocenters. The Morgan fingerprint density at radius 3 is 2.35 bits per heavy atom. The normalized spacial score (nSPS) is 11.1. The number of Topliss-reactive ketones (excluding diaryl/α,β-unsaturated/α-hetero) is 1. The van der Waals surface area contributed by atoms with Gasteiger partial charge < -0.3 is 9.84 Å². The first-order valence-corrected chi connectivity index (χ1v) is 7.57. The third kappa shape index (κ3) is 4.56. The van der Waals surface area contributed by atoms with Crippen LogP contribution in [0.25, 0.3) is 0 Å². The van der Waals surface area contributed by atoms with Gasteiger partial charge in [-0.3, -0.25) is 10.1 Å². The molecule has 0 aliphatic rings. The third-order valence-electron chi connectivity index (χ3n) is 3.08. The second kappa shape index (κ2) is 6.83. The first-order chi connectivity index (χ1) is 10.8. The molecule has 0 spiro atoms. The van der Waals surface area contributed by atoms with Crippen LogP contribution in [-0.2, 0) is 5.41 Å². The van der Waals surface area contributed by atoms with Gasteiger partial charge in [-0.15, -0.1) is 11.6 Å². The van der Waals surface area contributed by atoms with Crippen LogP contribution in [0.5, 0.6) is 0 Å². The molecule has 7 heteroatoms. The van der Waals surface area contributed by atoms with Crippen molar-refractivity contribution in [1.82, 2.24) is 5.16 Å². The van der Waals surface area contributed by atoms with E-state index in [1.54, 1.807) is 30.3 Å². The van der Waals surface area contributed by atoms with E-state index >= 15 is 0 Å². The van der Waals surface area contributed by atoms with Crippen molar-refractivity contribution in [1.29, 1.82) is 0 Å². The van der Waals surface area contributed by atoms with E-state index in [1.807, 2.05) is 20.8 Å². The highest BCUT2D eigenvalue weighted by Crippen LogP contribution is 2.24. The Balaban J connectivity index is 1.97. The molecule has 1 heterocycles. The molecule has 0 radical (unpaired) electrons. The van der Waals surface area contributed by atoms with Crippen molar-refractivity contribution >= 4 is 34.9 Å². The van der Waals surface area contributed by atoms with Crippen molar-refractivity contribution in [2.45, 2.75) is 26.2 Å². The van der Waals surface area contributed by atoms with Crippen LogP contribution in [-0.4, -0.2) is 22.9 Å². The zero-order valence-corrected chi connectivity index (χ0v) is 13.9. The number of nitrogens with one attached hydrogen (secondary N) is 2. The monoisotopic (exact) mass is 335 g/mol. The van der Waals surface area contributed by atoms with Crippen molar-refractivity contribution in [3.8, 4) is 0 Å². The molecule has 2 aromatic rings. The molecule has 23 heavy (non-hydrogen) atoms. The molecule has 0 unspecified atom stereocenters. The lowest BCUT2D eigenvalue weighted by Crippen LogP contribution is -2.19. The third-order valence-corrected chi connectivity index (χ3v) is 3.32. The average Bonchev–Trinajstić information content (AvgIpc) is 2.95. The molecule has 2 N–H and O–H groups in total. The molecule has 0 fully saturated rings. The number of carbonyl (C=O) groups excluding carboxylic acids is 2. The van der Waals surface area contributed by atoms with E-state index in [0.29, 0.717) is 22.8 Å². The fraction of sp³-hybridized carbons (Fsp3) is 0.312. The summed E-state index contributed by atoms with van der Waals surface area (Å²) >= 11 is 5.49. The zero-order chi connectivity index (χ0) is 17.0. The largest absolute Gasteiger partial charge is 0.359 e. The number of aromatic nitrogens is 1. The fourth-order valence-electron chi connectivity index (χ4n) is 1.78. The van der Waals surface area contributed by atoms with Crippen molar-refractivity contribution < 1.29 is 14.1 Å². The van der Waals surface area contributed by atoms with E-state index in [2.05, 4.69) is 15.8 Å². The van der Waals surface area contributed by atoms with E-state index in [4.69, 9.17) is 16.1 Å². The van der Waals surface area contributed by atoms with Crippen LogP contribution in [0, 0.1) is 0 Å². The van der Waals surface area contributed by atoms with Crippen LogP contribution in [0.4, 0.5) is 16.3 Å². The summed E-state index contributed by atoms with van der Waals surface area (Å²) in [5, 5.41) is 9.04. The van der Waals surface area contributed by atoms with E-state index < -0.39 is 6.03 Å². The van der Waals surface area contributed by atoms with Gasteiger partial charge in [0.05, 0.1) is 5.88 Å². The predicted molar refractivity (Wildman–Crippen MR) is 89.3 cm³/mol. The summed E-state index contributed by atoms with van der Waals surface area (Å²) in [6.07, 6.45) is 0. The number of nitrogens with zero attached hydrogens (tertiary/aromatic N) is 1. The topological polar surface area (TPSA) is 84.2 Å². The summed E-state index contributed by atoms with van der Waals surface area (Å²) in [6.45, 7) is 5.96. The number of urea groups is 1. The van der Waals surface area contributed by atoms with Crippen LogP contribution in [0.2, 0.25) is 0 Å². The maximum Gasteiger partial charge on any atom is 0.324 e. The van der Waals surface area contributed by atoms with Gasteiger partial charge in [0.25, 0.3) is 0 Å². The van der Waals surface area contributed by atoms with E-state index in [-0.39, 0.29) is 17.1 Å². The number of ketones is 1. The van der Waals surface area contributed by atoms with E-state index in [0.717, 1.165) is 0 Å². The molecule has 6 nitrogen and oxygen atoms in total. The number of rotatable bonds is 4. The van der Waals surface area contributed by atoms with E-state index in [9.17, 15) is 9.59 Å². The lowest BCUT2D eigenvalue weighted by molar-refractivity contribution is 0.102.